The third kappa shape index (κ3) is 4.93. The Hall–Kier alpha value is -2.18. The predicted molar refractivity (Wildman–Crippen MR) is 97.6 cm³/mol. The van der Waals surface area contributed by atoms with Crippen molar-refractivity contribution >= 4 is 17.5 Å². The fraction of sp³-hybridized carbons (Fsp3) is 0.368. The summed E-state index contributed by atoms with van der Waals surface area (Å²) in [6.45, 7) is 4.90. The number of amides is 1. The Labute approximate surface area is 157 Å². The number of carbonyl (C=O) groups is 1. The smallest absolute Gasteiger partial charge is 0.260 e. The van der Waals surface area contributed by atoms with Gasteiger partial charge in [0.25, 0.3) is 5.91 Å². The van der Waals surface area contributed by atoms with Crippen LogP contribution in [0.2, 0.25) is 5.02 Å². The number of hydrogen-bond acceptors (Lipinski definition) is 4. The van der Waals surface area contributed by atoms with Gasteiger partial charge in [-0.15, -0.1) is 0 Å². The molecular weight excluding hydrogens is 357 g/mol. The van der Waals surface area contributed by atoms with Gasteiger partial charge in [0.05, 0.1) is 5.02 Å². The highest BCUT2D eigenvalue weighted by Crippen LogP contribution is 2.15. The van der Waals surface area contributed by atoms with Crippen LogP contribution in [0, 0.1) is 5.82 Å². The minimum Gasteiger partial charge on any atom is -0.468 e. The van der Waals surface area contributed by atoms with Crippen LogP contribution >= 0.6 is 11.6 Å². The molecule has 0 N–H and O–H groups in total. The van der Waals surface area contributed by atoms with Crippen molar-refractivity contribution in [1.29, 1.82) is 0 Å². The van der Waals surface area contributed by atoms with Crippen molar-refractivity contribution in [2.24, 2.45) is 0 Å². The second-order valence-electron chi connectivity index (χ2n) is 6.40. The number of rotatable bonds is 5. The van der Waals surface area contributed by atoms with Gasteiger partial charge in [-0.05, 0) is 30.7 Å². The van der Waals surface area contributed by atoms with Crippen LogP contribution < -0.4 is 4.74 Å². The number of carbonyl (C=O) groups excluding carboxylic acids is 1. The van der Waals surface area contributed by atoms with Crippen molar-refractivity contribution in [3.63, 3.8) is 0 Å². The summed E-state index contributed by atoms with van der Waals surface area (Å²) >= 11 is 5.78. The average molecular weight is 378 g/mol. The average Bonchev–Trinajstić information content (AvgIpc) is 2.63. The van der Waals surface area contributed by atoms with Crippen LogP contribution in [0.4, 0.5) is 4.39 Å². The number of aromatic nitrogens is 1. The zero-order valence-corrected chi connectivity index (χ0v) is 15.3. The lowest BCUT2D eigenvalue weighted by atomic mass is 10.1. The molecule has 1 aliphatic heterocycles. The molecule has 0 saturated carbocycles. The van der Waals surface area contributed by atoms with E-state index >= 15 is 0 Å². The molecule has 3 rings (SSSR count). The Morgan fingerprint density at radius 3 is 2.69 bits per heavy atom. The molecule has 138 valence electrons. The fourth-order valence-electron chi connectivity index (χ4n) is 3.06. The molecule has 0 unspecified atom stereocenters. The molecule has 1 amide bonds. The molecule has 0 bridgehead atoms. The van der Waals surface area contributed by atoms with Crippen molar-refractivity contribution in [2.45, 2.75) is 19.5 Å². The van der Waals surface area contributed by atoms with Gasteiger partial charge in [0.2, 0.25) is 5.88 Å². The first-order chi connectivity index (χ1) is 12.5. The van der Waals surface area contributed by atoms with Crippen molar-refractivity contribution in [3.8, 4) is 5.88 Å². The summed E-state index contributed by atoms with van der Waals surface area (Å²) in [5, 5.41) is 0.523. The van der Waals surface area contributed by atoms with E-state index in [-0.39, 0.29) is 24.4 Å². The molecule has 2 aromatic rings. The third-order valence-electron chi connectivity index (χ3n) is 4.40. The number of halogens is 2. The molecular formula is C19H21ClFN3O2. The highest BCUT2D eigenvalue weighted by atomic mass is 35.5. The van der Waals surface area contributed by atoms with Crippen molar-refractivity contribution in [3.05, 3.63) is 59.0 Å². The van der Waals surface area contributed by atoms with E-state index in [0.29, 0.717) is 17.4 Å². The molecule has 1 fully saturated rings. The summed E-state index contributed by atoms with van der Waals surface area (Å²) < 4.78 is 18.4. The third-order valence-corrected chi connectivity index (χ3v) is 4.62. The molecule has 2 heterocycles. The molecule has 5 nitrogen and oxygen atoms in total. The maximum absolute atomic E-state index is 13.0. The number of pyridine rings is 1. The molecule has 0 spiro atoms. The van der Waals surface area contributed by atoms with Gasteiger partial charge < -0.3 is 9.64 Å². The van der Waals surface area contributed by atoms with E-state index in [9.17, 15) is 9.18 Å². The Kier molecular flexibility index (Phi) is 6.06. The molecule has 0 aliphatic carbocycles. The zero-order valence-electron chi connectivity index (χ0n) is 14.6. The van der Waals surface area contributed by atoms with Crippen LogP contribution in [0.5, 0.6) is 5.88 Å². The maximum Gasteiger partial charge on any atom is 0.260 e. The predicted octanol–water partition coefficient (Wildman–Crippen LogP) is 2.99. The summed E-state index contributed by atoms with van der Waals surface area (Å²) in [6.07, 6.45) is 1.48. The Morgan fingerprint density at radius 2 is 2.04 bits per heavy atom. The van der Waals surface area contributed by atoms with Gasteiger partial charge in [-0.25, -0.2) is 9.37 Å². The van der Waals surface area contributed by atoms with E-state index < -0.39 is 0 Å². The zero-order chi connectivity index (χ0) is 18.5. The molecule has 1 aromatic heterocycles. The van der Waals surface area contributed by atoms with Crippen LogP contribution in [-0.2, 0) is 11.3 Å². The van der Waals surface area contributed by atoms with Crippen LogP contribution in [0.1, 0.15) is 12.5 Å². The fourth-order valence-corrected chi connectivity index (χ4v) is 3.17. The van der Waals surface area contributed by atoms with Gasteiger partial charge in [0.1, 0.15) is 5.82 Å². The highest BCUT2D eigenvalue weighted by molar-refractivity contribution is 6.30. The largest absolute Gasteiger partial charge is 0.468 e. The van der Waals surface area contributed by atoms with Crippen LogP contribution in [-0.4, -0.2) is 53.0 Å². The van der Waals surface area contributed by atoms with Gasteiger partial charge in [-0.1, -0.05) is 23.7 Å². The first-order valence-electron chi connectivity index (χ1n) is 8.52. The topological polar surface area (TPSA) is 45.7 Å². The summed E-state index contributed by atoms with van der Waals surface area (Å²) in [4.78, 5) is 20.6. The minimum absolute atomic E-state index is 0.0447. The van der Waals surface area contributed by atoms with Gasteiger partial charge in [-0.3, -0.25) is 9.69 Å². The van der Waals surface area contributed by atoms with Gasteiger partial charge in [0.15, 0.2) is 6.61 Å². The lowest BCUT2D eigenvalue weighted by Gasteiger charge is -2.39. The van der Waals surface area contributed by atoms with E-state index in [4.69, 9.17) is 16.3 Å². The number of piperazine rings is 1. The number of ether oxygens (including phenoxy) is 1. The molecule has 1 atom stereocenters. The second kappa shape index (κ2) is 8.47. The van der Waals surface area contributed by atoms with Crippen LogP contribution in [0.15, 0.2) is 42.6 Å². The maximum atomic E-state index is 13.0. The van der Waals surface area contributed by atoms with E-state index in [0.717, 1.165) is 25.2 Å². The summed E-state index contributed by atoms with van der Waals surface area (Å²) in [7, 11) is 0. The molecule has 1 aliphatic rings. The van der Waals surface area contributed by atoms with E-state index in [1.165, 1.54) is 18.3 Å². The van der Waals surface area contributed by atoms with E-state index in [1.807, 2.05) is 11.8 Å². The molecule has 26 heavy (non-hydrogen) atoms. The SMILES string of the molecule is C[C@@H]1CN(Cc2ccc(F)cc2)CCN1C(=O)COc1ccc(Cl)cn1. The normalized spacial score (nSPS) is 18.0. The van der Waals surface area contributed by atoms with E-state index in [2.05, 4.69) is 9.88 Å². The van der Waals surface area contributed by atoms with Crippen molar-refractivity contribution in [1.82, 2.24) is 14.8 Å². The molecule has 1 aromatic carbocycles. The van der Waals surface area contributed by atoms with E-state index in [1.54, 1.807) is 24.3 Å². The first-order valence-corrected chi connectivity index (χ1v) is 8.89. The van der Waals surface area contributed by atoms with Gasteiger partial charge in [-0.2, -0.15) is 0 Å². The monoisotopic (exact) mass is 377 g/mol. The molecule has 1 saturated heterocycles. The number of hydrogen-bond donors (Lipinski definition) is 0. The lowest BCUT2D eigenvalue weighted by molar-refractivity contribution is -0.138. The first kappa shape index (κ1) is 18.6. The van der Waals surface area contributed by atoms with Crippen LogP contribution in [0.3, 0.4) is 0 Å². The van der Waals surface area contributed by atoms with Gasteiger partial charge >= 0.3 is 0 Å². The van der Waals surface area contributed by atoms with Crippen LogP contribution in [0.25, 0.3) is 0 Å². The van der Waals surface area contributed by atoms with Gasteiger partial charge in [0, 0.05) is 44.5 Å². The lowest BCUT2D eigenvalue weighted by Crippen LogP contribution is -2.54. The number of nitrogens with zero attached hydrogens (tertiary/aromatic N) is 3. The van der Waals surface area contributed by atoms with Crippen molar-refractivity contribution in [2.75, 3.05) is 26.2 Å². The Morgan fingerprint density at radius 1 is 1.27 bits per heavy atom. The second-order valence-corrected chi connectivity index (χ2v) is 6.84. The summed E-state index contributed by atoms with van der Waals surface area (Å²) in [5.74, 6) is 0.0914. The van der Waals surface area contributed by atoms with Crippen molar-refractivity contribution < 1.29 is 13.9 Å². The standard InChI is InChI=1S/C19H21ClFN3O2/c1-14-11-23(12-15-2-5-17(21)6-3-15)8-9-24(14)19(25)13-26-18-7-4-16(20)10-22-18/h2-7,10,14H,8-9,11-13H2,1H3/t14-/m1/s1. The Balaban J connectivity index is 1.49. The molecule has 7 heteroatoms. The minimum atomic E-state index is -0.229. The quantitative estimate of drug-likeness (QED) is 0.803. The summed E-state index contributed by atoms with van der Waals surface area (Å²) in [6, 6.07) is 9.93. The Bertz CT molecular complexity index is 739. The summed E-state index contributed by atoms with van der Waals surface area (Å²) in [5.41, 5.74) is 1.07. The highest BCUT2D eigenvalue weighted by Gasteiger charge is 2.27. The number of benzene rings is 1. The molecule has 0 radical (unpaired) electrons.